The van der Waals surface area contributed by atoms with Crippen LogP contribution in [0.2, 0.25) is 0 Å². The van der Waals surface area contributed by atoms with E-state index in [-0.39, 0.29) is 0 Å². The van der Waals surface area contributed by atoms with Gasteiger partial charge in [-0.2, -0.15) is 4.98 Å². The van der Waals surface area contributed by atoms with Crippen LogP contribution in [0.4, 0.5) is 11.5 Å². The minimum Gasteiger partial charge on any atom is -0.476 e. The van der Waals surface area contributed by atoms with Gasteiger partial charge in [-0.25, -0.2) is 0 Å². The minimum absolute atomic E-state index is 0.449. The molecule has 1 aromatic heterocycles. The van der Waals surface area contributed by atoms with Crippen LogP contribution in [-0.4, -0.2) is 17.6 Å². The van der Waals surface area contributed by atoms with Crippen LogP contribution in [0.25, 0.3) is 0 Å². The average molecular weight is 277 g/mol. The second kappa shape index (κ2) is 7.36. The predicted molar refractivity (Wildman–Crippen MR) is 84.1 cm³/mol. The molecule has 4 nitrogen and oxygen atoms in total. The van der Waals surface area contributed by atoms with Crippen LogP contribution in [0.5, 0.6) is 5.88 Å². The maximum atomic E-state index is 5.89. The molecule has 0 aromatic carbocycles. The molecular formula is C16H27N3O. The highest BCUT2D eigenvalue weighted by molar-refractivity contribution is 5.53. The molecular weight excluding hydrogens is 250 g/mol. The maximum absolute atomic E-state index is 5.89. The second-order valence-corrected chi connectivity index (χ2v) is 5.77. The number of hydrogen-bond donors (Lipinski definition) is 2. The minimum atomic E-state index is 0.449. The largest absolute Gasteiger partial charge is 0.476 e. The molecule has 2 rings (SSSR count). The van der Waals surface area contributed by atoms with E-state index in [1.807, 2.05) is 12.1 Å². The average Bonchev–Trinajstić information content (AvgIpc) is 2.48. The summed E-state index contributed by atoms with van der Waals surface area (Å²) in [7, 11) is 0. The highest BCUT2D eigenvalue weighted by Gasteiger charge is 2.20. The molecule has 1 atom stereocenters. The summed E-state index contributed by atoms with van der Waals surface area (Å²) in [6, 6.07) is 4.26. The highest BCUT2D eigenvalue weighted by Crippen LogP contribution is 2.28. The number of nitrogens with two attached hydrogens (primary N) is 1. The van der Waals surface area contributed by atoms with Crippen molar-refractivity contribution in [1.82, 2.24) is 4.98 Å². The van der Waals surface area contributed by atoms with E-state index in [0.717, 1.165) is 18.2 Å². The number of aromatic nitrogens is 1. The molecule has 0 spiro atoms. The lowest BCUT2D eigenvalue weighted by Crippen LogP contribution is -2.28. The fourth-order valence-corrected chi connectivity index (χ4v) is 2.83. The van der Waals surface area contributed by atoms with Crippen LogP contribution in [-0.2, 0) is 0 Å². The van der Waals surface area contributed by atoms with Gasteiger partial charge in [0.05, 0.1) is 12.3 Å². The standard InChI is InChI=1S/C16H27N3O/c1-3-11-20-16-14(17)9-10-15(19-16)18-12(2)13-7-5-4-6-8-13/h9-10,12-13H,3-8,11,17H2,1-2H3,(H,18,19). The van der Waals surface area contributed by atoms with E-state index >= 15 is 0 Å². The summed E-state index contributed by atoms with van der Waals surface area (Å²) in [4.78, 5) is 4.49. The van der Waals surface area contributed by atoms with E-state index in [1.54, 1.807) is 0 Å². The van der Waals surface area contributed by atoms with Crippen molar-refractivity contribution in [3.05, 3.63) is 12.1 Å². The smallest absolute Gasteiger partial charge is 0.239 e. The van der Waals surface area contributed by atoms with Crippen molar-refractivity contribution in [3.8, 4) is 5.88 Å². The Hall–Kier alpha value is -1.45. The number of nitrogens with zero attached hydrogens (tertiary/aromatic N) is 1. The van der Waals surface area contributed by atoms with Crippen molar-refractivity contribution in [3.63, 3.8) is 0 Å². The molecule has 3 N–H and O–H groups in total. The van der Waals surface area contributed by atoms with Crippen molar-refractivity contribution < 1.29 is 4.74 Å². The van der Waals surface area contributed by atoms with Gasteiger partial charge in [0.15, 0.2) is 0 Å². The lowest BCUT2D eigenvalue weighted by Gasteiger charge is -2.28. The molecule has 0 amide bonds. The first-order chi connectivity index (χ1) is 9.70. The van der Waals surface area contributed by atoms with Gasteiger partial charge < -0.3 is 15.8 Å². The summed E-state index contributed by atoms with van der Waals surface area (Å²) in [5.74, 6) is 2.17. The molecule has 0 aliphatic heterocycles. The third kappa shape index (κ3) is 4.02. The maximum Gasteiger partial charge on any atom is 0.239 e. The zero-order valence-corrected chi connectivity index (χ0v) is 12.7. The zero-order valence-electron chi connectivity index (χ0n) is 12.7. The molecule has 0 radical (unpaired) electrons. The summed E-state index contributed by atoms with van der Waals surface area (Å²) in [6.45, 7) is 4.98. The fraction of sp³-hybridized carbons (Fsp3) is 0.688. The lowest BCUT2D eigenvalue weighted by molar-refractivity contribution is 0.306. The van der Waals surface area contributed by atoms with E-state index in [0.29, 0.717) is 24.2 Å². The molecule has 4 heteroatoms. The van der Waals surface area contributed by atoms with Gasteiger partial charge >= 0.3 is 0 Å². The van der Waals surface area contributed by atoms with Crippen LogP contribution < -0.4 is 15.8 Å². The number of rotatable bonds is 6. The third-order valence-corrected chi connectivity index (χ3v) is 4.07. The SMILES string of the molecule is CCCOc1nc(NC(C)C2CCCCC2)ccc1N. The molecule has 20 heavy (non-hydrogen) atoms. The van der Waals surface area contributed by atoms with E-state index in [1.165, 1.54) is 32.1 Å². The van der Waals surface area contributed by atoms with Gasteiger partial charge in [0.2, 0.25) is 5.88 Å². The van der Waals surface area contributed by atoms with Crippen LogP contribution in [0.15, 0.2) is 12.1 Å². The Balaban J connectivity index is 1.97. The Morgan fingerprint density at radius 2 is 2.10 bits per heavy atom. The second-order valence-electron chi connectivity index (χ2n) is 5.77. The molecule has 0 saturated heterocycles. The lowest BCUT2D eigenvalue weighted by atomic mass is 9.84. The summed E-state index contributed by atoms with van der Waals surface area (Å²) >= 11 is 0. The first-order valence-electron chi connectivity index (χ1n) is 7.86. The summed E-state index contributed by atoms with van der Waals surface area (Å²) < 4.78 is 5.58. The number of ether oxygens (including phenoxy) is 1. The zero-order chi connectivity index (χ0) is 14.4. The summed E-state index contributed by atoms with van der Waals surface area (Å²) in [5, 5.41) is 3.51. The molecule has 0 bridgehead atoms. The Labute approximate surface area is 122 Å². The topological polar surface area (TPSA) is 60.2 Å². The molecule has 1 aliphatic carbocycles. The first-order valence-corrected chi connectivity index (χ1v) is 7.86. The molecule has 1 unspecified atom stereocenters. The van der Waals surface area contributed by atoms with Crippen molar-refractivity contribution in [2.75, 3.05) is 17.7 Å². The Bertz CT molecular complexity index is 416. The molecule has 1 saturated carbocycles. The van der Waals surface area contributed by atoms with Crippen molar-refractivity contribution in [2.45, 2.75) is 58.4 Å². The van der Waals surface area contributed by atoms with Crippen LogP contribution in [0.1, 0.15) is 52.4 Å². The van der Waals surface area contributed by atoms with Gasteiger partial charge in [0, 0.05) is 6.04 Å². The van der Waals surface area contributed by atoms with Crippen LogP contribution >= 0.6 is 0 Å². The van der Waals surface area contributed by atoms with Gasteiger partial charge in [-0.15, -0.1) is 0 Å². The van der Waals surface area contributed by atoms with Crippen molar-refractivity contribution in [2.24, 2.45) is 5.92 Å². The van der Waals surface area contributed by atoms with Crippen LogP contribution in [0.3, 0.4) is 0 Å². The normalized spacial score (nSPS) is 17.7. The van der Waals surface area contributed by atoms with Crippen molar-refractivity contribution >= 4 is 11.5 Å². The van der Waals surface area contributed by atoms with Crippen molar-refractivity contribution in [1.29, 1.82) is 0 Å². The van der Waals surface area contributed by atoms with Gasteiger partial charge in [-0.1, -0.05) is 26.2 Å². The Morgan fingerprint density at radius 1 is 1.35 bits per heavy atom. The monoisotopic (exact) mass is 277 g/mol. The van der Waals surface area contributed by atoms with Crippen LogP contribution in [0, 0.1) is 5.92 Å². The van der Waals surface area contributed by atoms with Gasteiger partial charge in [-0.3, -0.25) is 0 Å². The van der Waals surface area contributed by atoms with Gasteiger partial charge in [0.1, 0.15) is 5.82 Å². The Morgan fingerprint density at radius 3 is 2.80 bits per heavy atom. The predicted octanol–water partition coefficient (Wildman–Crippen LogP) is 3.83. The molecule has 112 valence electrons. The molecule has 1 fully saturated rings. The molecule has 1 aliphatic rings. The molecule has 1 heterocycles. The quantitative estimate of drug-likeness (QED) is 0.829. The number of nitrogen functional groups attached to an aromatic ring is 1. The number of hydrogen-bond acceptors (Lipinski definition) is 4. The number of anilines is 2. The summed E-state index contributed by atoms with van der Waals surface area (Å²) in [6.07, 6.45) is 7.70. The number of nitrogens with one attached hydrogen (secondary N) is 1. The number of pyridine rings is 1. The van der Waals surface area contributed by atoms with Gasteiger partial charge in [0.25, 0.3) is 0 Å². The van der Waals surface area contributed by atoms with E-state index in [9.17, 15) is 0 Å². The highest BCUT2D eigenvalue weighted by atomic mass is 16.5. The summed E-state index contributed by atoms with van der Waals surface area (Å²) in [5.41, 5.74) is 6.49. The van der Waals surface area contributed by atoms with E-state index in [4.69, 9.17) is 10.5 Å². The fourth-order valence-electron chi connectivity index (χ4n) is 2.83. The third-order valence-electron chi connectivity index (χ3n) is 4.07. The molecule has 1 aromatic rings. The van der Waals surface area contributed by atoms with E-state index in [2.05, 4.69) is 24.1 Å². The Kier molecular flexibility index (Phi) is 5.50. The van der Waals surface area contributed by atoms with E-state index < -0.39 is 0 Å². The van der Waals surface area contributed by atoms with Gasteiger partial charge in [-0.05, 0) is 44.2 Å². The first kappa shape index (κ1) is 14.9.